The molecule has 0 fully saturated rings. The van der Waals surface area contributed by atoms with Gasteiger partial charge in [-0.15, -0.1) is 0 Å². The van der Waals surface area contributed by atoms with Gasteiger partial charge in [-0.25, -0.2) is 8.42 Å². The molecule has 0 saturated heterocycles. The van der Waals surface area contributed by atoms with Crippen LogP contribution in [0.15, 0.2) is 77.7 Å². The third-order valence-corrected chi connectivity index (χ3v) is 7.50. The Morgan fingerprint density at radius 3 is 2.34 bits per heavy atom. The lowest BCUT2D eigenvalue weighted by Crippen LogP contribution is -2.41. The Labute approximate surface area is 176 Å². The van der Waals surface area contributed by atoms with Crippen LogP contribution in [0.4, 0.5) is 0 Å². The van der Waals surface area contributed by atoms with Gasteiger partial charge in [0.25, 0.3) is 0 Å². The van der Waals surface area contributed by atoms with Crippen LogP contribution in [-0.4, -0.2) is 18.8 Å². The van der Waals surface area contributed by atoms with Gasteiger partial charge in [0.2, 0.25) is 10.0 Å². The number of rotatable bonds is 3. The summed E-state index contributed by atoms with van der Waals surface area (Å²) >= 11 is 6.36. The van der Waals surface area contributed by atoms with Crippen molar-refractivity contribution < 1.29 is 13.2 Å². The van der Waals surface area contributed by atoms with Gasteiger partial charge in [-0.1, -0.05) is 77.8 Å². The first kappa shape index (κ1) is 20.0. The quantitative estimate of drug-likeness (QED) is 0.565. The van der Waals surface area contributed by atoms with Crippen LogP contribution in [0.2, 0.25) is 5.02 Å². The van der Waals surface area contributed by atoms with Crippen LogP contribution in [0.25, 0.3) is 0 Å². The molecule has 4 rings (SSSR count). The summed E-state index contributed by atoms with van der Waals surface area (Å²) in [5, 5.41) is 0.288. The highest BCUT2D eigenvalue weighted by Gasteiger charge is 2.41. The van der Waals surface area contributed by atoms with E-state index in [1.807, 2.05) is 68.4 Å². The molecule has 0 N–H and O–H groups in total. The summed E-state index contributed by atoms with van der Waals surface area (Å²) < 4.78 is 35.0. The van der Waals surface area contributed by atoms with Crippen LogP contribution >= 0.6 is 11.6 Å². The van der Waals surface area contributed by atoms with Crippen molar-refractivity contribution in [3.8, 4) is 5.75 Å². The molecule has 0 radical (unpaired) electrons. The summed E-state index contributed by atoms with van der Waals surface area (Å²) in [5.74, 6) is 0.210. The van der Waals surface area contributed by atoms with E-state index in [-0.39, 0.29) is 22.2 Å². The Morgan fingerprint density at radius 2 is 1.66 bits per heavy atom. The monoisotopic (exact) mass is 427 g/mol. The average Bonchev–Trinajstić information content (AvgIpc) is 2.79. The fraction of sp³-hybridized carbons (Fsp3) is 0.217. The van der Waals surface area contributed by atoms with Gasteiger partial charge in [0.05, 0.1) is 11.1 Å². The second kappa shape index (κ2) is 7.82. The molecule has 3 aromatic rings. The molecule has 4 nitrogen and oxygen atoms in total. The van der Waals surface area contributed by atoms with E-state index in [4.69, 9.17) is 16.3 Å². The van der Waals surface area contributed by atoms with E-state index in [1.54, 1.807) is 18.2 Å². The summed E-state index contributed by atoms with van der Waals surface area (Å²) in [6, 6.07) is 21.9. The molecular formula is C23H22ClNO3S. The van der Waals surface area contributed by atoms with Gasteiger partial charge in [0.1, 0.15) is 11.0 Å². The van der Waals surface area contributed by atoms with Gasteiger partial charge in [0, 0.05) is 6.54 Å². The smallest absolute Gasteiger partial charge is 0.247 e. The second-order valence-corrected chi connectivity index (χ2v) is 9.56. The zero-order valence-electron chi connectivity index (χ0n) is 16.2. The number of halogens is 1. The van der Waals surface area contributed by atoms with E-state index in [9.17, 15) is 8.42 Å². The zero-order valence-corrected chi connectivity index (χ0v) is 17.8. The Morgan fingerprint density at radius 1 is 0.966 bits per heavy atom. The summed E-state index contributed by atoms with van der Waals surface area (Å²) in [4.78, 5) is 0.0994. The molecule has 29 heavy (non-hydrogen) atoms. The SMILES string of the molecule is Cc1ccc(CN2[C@@H](C)[C@@H](c3ccccc3)Oc3c(Cl)cccc3S2(=O)=O)cc1. The van der Waals surface area contributed by atoms with E-state index in [2.05, 4.69) is 0 Å². The fourth-order valence-corrected chi connectivity index (χ4v) is 5.66. The first-order chi connectivity index (χ1) is 13.9. The van der Waals surface area contributed by atoms with Gasteiger partial charge in [-0.3, -0.25) is 0 Å². The van der Waals surface area contributed by atoms with E-state index >= 15 is 0 Å². The molecule has 0 unspecified atom stereocenters. The van der Waals surface area contributed by atoms with E-state index in [0.29, 0.717) is 0 Å². The van der Waals surface area contributed by atoms with Crippen LogP contribution in [-0.2, 0) is 16.6 Å². The van der Waals surface area contributed by atoms with E-state index in [1.165, 1.54) is 4.31 Å². The van der Waals surface area contributed by atoms with Crippen molar-refractivity contribution >= 4 is 21.6 Å². The minimum Gasteiger partial charge on any atom is -0.481 e. The molecule has 1 aliphatic heterocycles. The largest absolute Gasteiger partial charge is 0.481 e. The summed E-state index contributed by atoms with van der Waals surface area (Å²) in [6.07, 6.45) is -0.488. The number of benzene rings is 3. The second-order valence-electron chi connectivity index (χ2n) is 7.29. The molecule has 0 saturated carbocycles. The van der Waals surface area contributed by atoms with Crippen molar-refractivity contribution in [2.24, 2.45) is 0 Å². The van der Waals surface area contributed by atoms with Crippen molar-refractivity contribution in [1.82, 2.24) is 4.31 Å². The lowest BCUT2D eigenvalue weighted by molar-refractivity contribution is 0.124. The highest BCUT2D eigenvalue weighted by Crippen LogP contribution is 2.43. The maximum atomic E-state index is 13.6. The molecule has 0 aliphatic carbocycles. The van der Waals surface area contributed by atoms with E-state index < -0.39 is 22.2 Å². The van der Waals surface area contributed by atoms with E-state index in [0.717, 1.165) is 16.7 Å². The highest BCUT2D eigenvalue weighted by molar-refractivity contribution is 7.89. The van der Waals surface area contributed by atoms with Crippen molar-refractivity contribution in [3.63, 3.8) is 0 Å². The van der Waals surface area contributed by atoms with Crippen molar-refractivity contribution in [3.05, 3.63) is 94.5 Å². The third-order valence-electron chi connectivity index (χ3n) is 5.24. The molecule has 2 atom stereocenters. The molecule has 3 aromatic carbocycles. The predicted molar refractivity (Wildman–Crippen MR) is 115 cm³/mol. The van der Waals surface area contributed by atoms with Crippen LogP contribution in [0.1, 0.15) is 29.7 Å². The number of fused-ring (bicyclic) bond motifs is 1. The molecular weight excluding hydrogens is 406 g/mol. The number of nitrogens with zero attached hydrogens (tertiary/aromatic N) is 1. The molecule has 0 bridgehead atoms. The topological polar surface area (TPSA) is 46.6 Å². The molecule has 6 heteroatoms. The number of aryl methyl sites for hydroxylation is 1. The molecule has 0 amide bonds. The average molecular weight is 428 g/mol. The number of hydrogen-bond donors (Lipinski definition) is 0. The molecule has 0 aromatic heterocycles. The lowest BCUT2D eigenvalue weighted by atomic mass is 10.0. The van der Waals surface area contributed by atoms with Crippen molar-refractivity contribution in [1.29, 1.82) is 0 Å². The first-order valence-electron chi connectivity index (χ1n) is 9.45. The number of ether oxygens (including phenoxy) is 1. The van der Waals surface area contributed by atoms with Gasteiger partial charge in [0.15, 0.2) is 5.75 Å². The summed E-state index contributed by atoms with van der Waals surface area (Å²) in [6.45, 7) is 4.14. The van der Waals surface area contributed by atoms with Crippen molar-refractivity contribution in [2.75, 3.05) is 0 Å². The normalized spacial score (nSPS) is 21.1. The van der Waals surface area contributed by atoms with Gasteiger partial charge >= 0.3 is 0 Å². The molecule has 150 valence electrons. The maximum Gasteiger partial charge on any atom is 0.247 e. The highest BCUT2D eigenvalue weighted by atomic mass is 35.5. The standard InChI is InChI=1S/C23H22ClNO3S/c1-16-11-13-18(14-12-16)15-25-17(2)22(19-7-4-3-5-8-19)28-23-20(24)9-6-10-21(23)29(25,26)27/h3-14,17,22H,15H2,1-2H3/t17-,22-/m0/s1. The Hall–Kier alpha value is -2.34. The number of sulfonamides is 1. The molecule has 1 aliphatic rings. The molecule has 0 spiro atoms. The minimum atomic E-state index is -3.82. The number of hydrogen-bond acceptors (Lipinski definition) is 3. The Kier molecular flexibility index (Phi) is 5.38. The summed E-state index contributed by atoms with van der Waals surface area (Å²) in [5.41, 5.74) is 2.95. The van der Waals surface area contributed by atoms with Crippen molar-refractivity contribution in [2.45, 2.75) is 37.4 Å². The fourth-order valence-electron chi connectivity index (χ4n) is 3.62. The lowest BCUT2D eigenvalue weighted by Gasteiger charge is -2.30. The van der Waals surface area contributed by atoms with Gasteiger partial charge < -0.3 is 4.74 Å². The van der Waals surface area contributed by atoms with Crippen LogP contribution < -0.4 is 4.74 Å². The Bertz CT molecular complexity index is 1110. The first-order valence-corrected chi connectivity index (χ1v) is 11.3. The van der Waals surface area contributed by atoms with Crippen LogP contribution in [0, 0.1) is 6.92 Å². The van der Waals surface area contributed by atoms with Crippen LogP contribution in [0.5, 0.6) is 5.75 Å². The predicted octanol–water partition coefficient (Wildman–Crippen LogP) is 5.36. The maximum absolute atomic E-state index is 13.6. The Balaban J connectivity index is 1.86. The summed E-state index contributed by atoms with van der Waals surface area (Å²) in [7, 11) is -3.82. The molecule has 1 heterocycles. The number of para-hydroxylation sites is 1. The van der Waals surface area contributed by atoms with Gasteiger partial charge in [-0.05, 0) is 37.1 Å². The third kappa shape index (κ3) is 3.78. The van der Waals surface area contributed by atoms with Crippen LogP contribution in [0.3, 0.4) is 0 Å². The van der Waals surface area contributed by atoms with Gasteiger partial charge in [-0.2, -0.15) is 4.31 Å². The minimum absolute atomic E-state index is 0.0994. The zero-order chi connectivity index (χ0) is 20.6.